The van der Waals surface area contributed by atoms with Crippen LogP contribution in [-0.4, -0.2) is 47.9 Å². The third kappa shape index (κ3) is 4.82. The smallest absolute Gasteiger partial charge is 0.277 e. The average Bonchev–Trinajstić information content (AvgIpc) is 2.98. The van der Waals surface area contributed by atoms with E-state index >= 15 is 0 Å². The molecule has 0 aromatic heterocycles. The molecule has 2 aliphatic heterocycles. The van der Waals surface area contributed by atoms with E-state index in [4.69, 9.17) is 4.74 Å². The van der Waals surface area contributed by atoms with E-state index < -0.39 is 0 Å². The first-order valence-electron chi connectivity index (χ1n) is 11.1. The van der Waals surface area contributed by atoms with Gasteiger partial charge in [-0.25, -0.2) is 0 Å². The molecule has 5 nitrogen and oxygen atoms in total. The summed E-state index contributed by atoms with van der Waals surface area (Å²) in [5.74, 6) is 1.18. The van der Waals surface area contributed by atoms with Crippen molar-refractivity contribution < 1.29 is 14.3 Å². The molecule has 1 aromatic carbocycles. The third-order valence-corrected chi connectivity index (χ3v) is 5.84. The van der Waals surface area contributed by atoms with Crippen molar-refractivity contribution in [2.24, 2.45) is 5.92 Å². The monoisotopic (exact) mass is 398 g/mol. The Bertz CT molecular complexity index is 746. The summed E-state index contributed by atoms with van der Waals surface area (Å²) < 4.78 is 5.67. The second-order valence-electron chi connectivity index (χ2n) is 8.24. The number of amides is 2. The number of ether oxygens (including phenoxy) is 1. The maximum Gasteiger partial charge on any atom is 0.277 e. The zero-order chi connectivity index (χ0) is 20.8. The number of rotatable bonds is 9. The van der Waals surface area contributed by atoms with Crippen LogP contribution in [0.1, 0.15) is 64.9 Å². The largest absolute Gasteiger partial charge is 0.494 e. The first-order chi connectivity index (χ1) is 14.1. The highest BCUT2D eigenvalue weighted by Crippen LogP contribution is 2.34. The molecule has 0 radical (unpaired) electrons. The standard InChI is InChI=1S/C24H34N2O3/c1-4-6-7-14-26-23(27)21(19-8-10-20(11-9-19)29-17-5-2)22(24(26)28)25-15-12-18(3)13-16-25/h8-11,18H,4-7,12-17H2,1-3H3. The molecule has 0 aliphatic carbocycles. The molecular weight excluding hydrogens is 364 g/mol. The molecule has 0 atom stereocenters. The highest BCUT2D eigenvalue weighted by molar-refractivity contribution is 6.35. The highest BCUT2D eigenvalue weighted by atomic mass is 16.5. The van der Waals surface area contributed by atoms with Gasteiger partial charge in [-0.2, -0.15) is 0 Å². The quantitative estimate of drug-likeness (QED) is 0.455. The van der Waals surface area contributed by atoms with Crippen LogP contribution in [0.25, 0.3) is 5.57 Å². The van der Waals surface area contributed by atoms with Crippen LogP contribution < -0.4 is 4.74 Å². The normalized spacial score (nSPS) is 18.2. The Kier molecular flexibility index (Phi) is 7.34. The van der Waals surface area contributed by atoms with Crippen LogP contribution in [0.15, 0.2) is 30.0 Å². The molecule has 2 heterocycles. The molecule has 5 heteroatoms. The molecule has 3 rings (SSSR count). The minimum atomic E-state index is -0.151. The first-order valence-corrected chi connectivity index (χ1v) is 11.1. The lowest BCUT2D eigenvalue weighted by molar-refractivity contribution is -0.137. The number of benzene rings is 1. The second-order valence-corrected chi connectivity index (χ2v) is 8.24. The van der Waals surface area contributed by atoms with Gasteiger partial charge in [0, 0.05) is 19.6 Å². The summed E-state index contributed by atoms with van der Waals surface area (Å²) in [6.07, 6.45) is 5.99. The van der Waals surface area contributed by atoms with Crippen molar-refractivity contribution in [3.63, 3.8) is 0 Å². The fraction of sp³-hybridized carbons (Fsp3) is 0.583. The number of piperidine rings is 1. The molecule has 158 valence electrons. The summed E-state index contributed by atoms with van der Waals surface area (Å²) in [5.41, 5.74) is 1.96. The molecule has 29 heavy (non-hydrogen) atoms. The second kappa shape index (κ2) is 9.95. The average molecular weight is 399 g/mol. The van der Waals surface area contributed by atoms with Crippen LogP contribution in [0, 0.1) is 5.92 Å². The van der Waals surface area contributed by atoms with Gasteiger partial charge in [-0.3, -0.25) is 14.5 Å². The number of unbranched alkanes of at least 4 members (excludes halogenated alkanes) is 2. The number of hydrogen-bond acceptors (Lipinski definition) is 4. The molecular formula is C24H34N2O3. The predicted molar refractivity (Wildman–Crippen MR) is 115 cm³/mol. The molecule has 2 aliphatic rings. The van der Waals surface area contributed by atoms with Crippen molar-refractivity contribution >= 4 is 17.4 Å². The summed E-state index contributed by atoms with van der Waals surface area (Å²) in [5, 5.41) is 0. The molecule has 1 fully saturated rings. The van der Waals surface area contributed by atoms with E-state index in [-0.39, 0.29) is 11.8 Å². The maximum atomic E-state index is 13.3. The Morgan fingerprint density at radius 3 is 2.28 bits per heavy atom. The molecule has 0 bridgehead atoms. The zero-order valence-electron chi connectivity index (χ0n) is 18.1. The third-order valence-electron chi connectivity index (χ3n) is 5.84. The Morgan fingerprint density at radius 1 is 0.966 bits per heavy atom. The van der Waals surface area contributed by atoms with Gasteiger partial charge in [-0.15, -0.1) is 0 Å². The van der Waals surface area contributed by atoms with Gasteiger partial charge < -0.3 is 9.64 Å². The fourth-order valence-corrected chi connectivity index (χ4v) is 4.01. The van der Waals surface area contributed by atoms with Gasteiger partial charge in [-0.05, 0) is 49.3 Å². The van der Waals surface area contributed by atoms with E-state index in [0.717, 1.165) is 62.9 Å². The molecule has 0 unspecified atom stereocenters. The van der Waals surface area contributed by atoms with Gasteiger partial charge >= 0.3 is 0 Å². The van der Waals surface area contributed by atoms with Crippen LogP contribution in [0.4, 0.5) is 0 Å². The van der Waals surface area contributed by atoms with E-state index in [1.165, 1.54) is 4.90 Å². The Hall–Kier alpha value is -2.30. The fourth-order valence-electron chi connectivity index (χ4n) is 4.01. The topological polar surface area (TPSA) is 49.9 Å². The molecule has 1 aromatic rings. The maximum absolute atomic E-state index is 13.3. The van der Waals surface area contributed by atoms with Crippen molar-refractivity contribution in [2.75, 3.05) is 26.2 Å². The van der Waals surface area contributed by atoms with Crippen molar-refractivity contribution in [1.29, 1.82) is 0 Å². The number of hydrogen-bond donors (Lipinski definition) is 0. The summed E-state index contributed by atoms with van der Waals surface area (Å²) in [7, 11) is 0. The molecule has 0 N–H and O–H groups in total. The number of imide groups is 1. The summed E-state index contributed by atoms with van der Waals surface area (Å²) >= 11 is 0. The minimum Gasteiger partial charge on any atom is -0.494 e. The molecule has 2 amide bonds. The van der Waals surface area contributed by atoms with Gasteiger partial charge in [0.05, 0.1) is 12.2 Å². The summed E-state index contributed by atoms with van der Waals surface area (Å²) in [4.78, 5) is 30.1. The summed E-state index contributed by atoms with van der Waals surface area (Å²) in [6.45, 7) is 9.28. The van der Waals surface area contributed by atoms with Crippen LogP contribution in [0.2, 0.25) is 0 Å². The molecule has 1 saturated heterocycles. The van der Waals surface area contributed by atoms with E-state index in [0.29, 0.717) is 30.3 Å². The van der Waals surface area contributed by atoms with E-state index in [9.17, 15) is 9.59 Å². The van der Waals surface area contributed by atoms with Gasteiger partial charge in [-0.1, -0.05) is 45.7 Å². The predicted octanol–water partition coefficient (Wildman–Crippen LogP) is 4.48. The van der Waals surface area contributed by atoms with Crippen molar-refractivity contribution in [1.82, 2.24) is 9.80 Å². The molecule has 0 spiro atoms. The lowest BCUT2D eigenvalue weighted by Gasteiger charge is -2.32. The van der Waals surface area contributed by atoms with E-state index in [1.54, 1.807) is 0 Å². The lowest BCUT2D eigenvalue weighted by atomic mass is 9.97. The Morgan fingerprint density at radius 2 is 1.66 bits per heavy atom. The number of nitrogens with zero attached hydrogens (tertiary/aromatic N) is 2. The lowest BCUT2D eigenvalue weighted by Crippen LogP contribution is -2.38. The summed E-state index contributed by atoms with van der Waals surface area (Å²) in [6, 6.07) is 7.61. The SMILES string of the molecule is CCCCCN1C(=O)C(c2ccc(OCCC)cc2)=C(N2CCC(C)CC2)C1=O. The van der Waals surface area contributed by atoms with Gasteiger partial charge in [0.15, 0.2) is 0 Å². The van der Waals surface area contributed by atoms with E-state index in [2.05, 4.69) is 25.7 Å². The molecule has 0 saturated carbocycles. The zero-order valence-corrected chi connectivity index (χ0v) is 18.1. The van der Waals surface area contributed by atoms with Crippen molar-refractivity contribution in [2.45, 2.75) is 59.3 Å². The number of likely N-dealkylation sites (tertiary alicyclic amines) is 1. The van der Waals surface area contributed by atoms with Crippen LogP contribution in [0.5, 0.6) is 5.75 Å². The number of carbonyl (C=O) groups excluding carboxylic acids is 2. The number of carbonyl (C=O) groups is 2. The Labute approximate surface area is 174 Å². The van der Waals surface area contributed by atoms with Crippen molar-refractivity contribution in [3.05, 3.63) is 35.5 Å². The van der Waals surface area contributed by atoms with Gasteiger partial charge in [0.25, 0.3) is 11.8 Å². The first kappa shape index (κ1) is 21.4. The van der Waals surface area contributed by atoms with Crippen LogP contribution in [0.3, 0.4) is 0 Å². The van der Waals surface area contributed by atoms with Crippen LogP contribution in [-0.2, 0) is 9.59 Å². The van der Waals surface area contributed by atoms with Gasteiger partial charge in [0.1, 0.15) is 11.4 Å². The van der Waals surface area contributed by atoms with Crippen LogP contribution >= 0.6 is 0 Å². The Balaban J connectivity index is 1.90. The highest BCUT2D eigenvalue weighted by Gasteiger charge is 2.41. The van der Waals surface area contributed by atoms with Gasteiger partial charge in [0.2, 0.25) is 0 Å². The van der Waals surface area contributed by atoms with Crippen molar-refractivity contribution in [3.8, 4) is 5.75 Å². The van der Waals surface area contributed by atoms with E-state index in [1.807, 2.05) is 24.3 Å². The minimum absolute atomic E-state index is 0.123.